The number of benzene rings is 1. The summed E-state index contributed by atoms with van der Waals surface area (Å²) in [5, 5.41) is 2.60. The van der Waals surface area contributed by atoms with Crippen LogP contribution in [0.25, 0.3) is 22.2 Å². The van der Waals surface area contributed by atoms with Gasteiger partial charge in [-0.15, -0.1) is 11.3 Å². The molecule has 2 heterocycles. The normalized spacial score (nSPS) is 10.7. The number of fused-ring (bicyclic) bond motifs is 1. The van der Waals surface area contributed by atoms with Crippen LogP contribution in [0.1, 0.15) is 9.80 Å². The van der Waals surface area contributed by atoms with Crippen molar-refractivity contribution in [3.8, 4) is 11.3 Å². The van der Waals surface area contributed by atoms with Crippen LogP contribution < -0.4 is 16.9 Å². The van der Waals surface area contributed by atoms with Crippen molar-refractivity contribution in [1.29, 1.82) is 0 Å². The van der Waals surface area contributed by atoms with E-state index in [1.165, 1.54) is 0 Å². The number of carbonyl (C=O) groups is 1. The summed E-state index contributed by atoms with van der Waals surface area (Å²) in [4.78, 5) is 27.4. The van der Waals surface area contributed by atoms with Crippen LogP contribution in [0.4, 0.5) is 0 Å². The van der Waals surface area contributed by atoms with Gasteiger partial charge in [-0.05, 0) is 12.1 Å². The lowest BCUT2D eigenvalue weighted by Gasteiger charge is -1.99. The van der Waals surface area contributed by atoms with E-state index in [1.807, 2.05) is 17.6 Å². The zero-order chi connectivity index (χ0) is 14.1. The molecule has 100 valence electrons. The molecule has 0 aliphatic heterocycles. The first-order valence-electron chi connectivity index (χ1n) is 5.69. The lowest BCUT2D eigenvalue weighted by Crippen LogP contribution is -2.29. The number of nitrogen functional groups attached to an aromatic ring is 1. The van der Waals surface area contributed by atoms with E-state index in [0.29, 0.717) is 16.8 Å². The van der Waals surface area contributed by atoms with Gasteiger partial charge >= 0.3 is 5.63 Å². The van der Waals surface area contributed by atoms with Gasteiger partial charge in [0.15, 0.2) is 5.01 Å². The SMILES string of the molecule is NNC(=O)c1nc(-c2cc3ccccc3oc2=O)cs1. The summed E-state index contributed by atoms with van der Waals surface area (Å²) in [6.45, 7) is 0. The van der Waals surface area contributed by atoms with Crippen LogP contribution in [0, 0.1) is 0 Å². The van der Waals surface area contributed by atoms with E-state index in [4.69, 9.17) is 10.3 Å². The standard InChI is InChI=1S/C13H9N3O3S/c14-16-11(17)12-15-9(6-20-12)8-5-7-3-1-2-4-10(7)19-13(8)18/h1-6H,14H2,(H,16,17). The molecular weight excluding hydrogens is 278 g/mol. The minimum atomic E-state index is -0.494. The molecule has 1 aromatic carbocycles. The van der Waals surface area contributed by atoms with Gasteiger partial charge in [0.2, 0.25) is 0 Å². The van der Waals surface area contributed by atoms with Crippen molar-refractivity contribution in [3.05, 3.63) is 51.1 Å². The second-order valence-corrected chi connectivity index (χ2v) is 4.85. The third-order valence-corrected chi connectivity index (χ3v) is 3.59. The monoisotopic (exact) mass is 287 g/mol. The highest BCUT2D eigenvalue weighted by molar-refractivity contribution is 7.12. The van der Waals surface area contributed by atoms with Crippen molar-refractivity contribution < 1.29 is 9.21 Å². The number of rotatable bonds is 2. The fraction of sp³-hybridized carbons (Fsp3) is 0. The Labute approximate surface area is 116 Å². The summed E-state index contributed by atoms with van der Waals surface area (Å²) in [5.41, 5.74) is 2.73. The molecule has 3 aromatic rings. The first-order chi connectivity index (χ1) is 9.69. The molecule has 0 fully saturated rings. The largest absolute Gasteiger partial charge is 0.422 e. The highest BCUT2D eigenvalue weighted by Gasteiger charge is 2.14. The maximum absolute atomic E-state index is 12.0. The van der Waals surface area contributed by atoms with Gasteiger partial charge in [0.1, 0.15) is 5.58 Å². The van der Waals surface area contributed by atoms with Gasteiger partial charge in [-0.25, -0.2) is 15.6 Å². The number of thiazole rings is 1. The Morgan fingerprint density at radius 1 is 1.35 bits per heavy atom. The predicted molar refractivity (Wildman–Crippen MR) is 75.2 cm³/mol. The zero-order valence-corrected chi connectivity index (χ0v) is 10.9. The molecule has 1 amide bonds. The second-order valence-electron chi connectivity index (χ2n) is 4.00. The van der Waals surface area contributed by atoms with Crippen molar-refractivity contribution in [2.45, 2.75) is 0 Å². The van der Waals surface area contributed by atoms with Crippen molar-refractivity contribution in [3.63, 3.8) is 0 Å². The van der Waals surface area contributed by atoms with Crippen LogP contribution in [-0.2, 0) is 0 Å². The molecule has 2 aromatic heterocycles. The van der Waals surface area contributed by atoms with Gasteiger partial charge in [0, 0.05) is 10.8 Å². The molecule has 7 heteroatoms. The number of aromatic nitrogens is 1. The summed E-state index contributed by atoms with van der Waals surface area (Å²) < 4.78 is 5.23. The first-order valence-corrected chi connectivity index (χ1v) is 6.57. The third-order valence-electron chi connectivity index (χ3n) is 2.75. The Balaban J connectivity index is 2.14. The predicted octanol–water partition coefficient (Wildman–Crippen LogP) is 1.52. The molecular formula is C13H9N3O3S. The molecule has 0 atom stereocenters. The summed E-state index contributed by atoms with van der Waals surface area (Å²) in [6.07, 6.45) is 0. The molecule has 0 radical (unpaired) electrons. The van der Waals surface area contributed by atoms with Gasteiger partial charge in [0.05, 0.1) is 11.3 Å². The average Bonchev–Trinajstić information content (AvgIpc) is 2.95. The lowest BCUT2D eigenvalue weighted by molar-refractivity contribution is 0.0953. The van der Waals surface area contributed by atoms with Crippen molar-refractivity contribution in [2.75, 3.05) is 0 Å². The van der Waals surface area contributed by atoms with Crippen molar-refractivity contribution in [2.24, 2.45) is 5.84 Å². The second kappa shape index (κ2) is 4.87. The van der Waals surface area contributed by atoms with Crippen LogP contribution in [0.5, 0.6) is 0 Å². The molecule has 0 spiro atoms. The topological polar surface area (TPSA) is 98.2 Å². The highest BCUT2D eigenvalue weighted by atomic mass is 32.1. The fourth-order valence-electron chi connectivity index (χ4n) is 1.80. The number of hydrazine groups is 1. The Kier molecular flexibility index (Phi) is 3.05. The molecule has 0 saturated carbocycles. The number of para-hydroxylation sites is 1. The van der Waals surface area contributed by atoms with E-state index in [9.17, 15) is 9.59 Å². The van der Waals surface area contributed by atoms with Crippen LogP contribution in [0.15, 0.2) is 44.9 Å². The summed E-state index contributed by atoms with van der Waals surface area (Å²) >= 11 is 1.11. The maximum atomic E-state index is 12.0. The number of hydrogen-bond donors (Lipinski definition) is 2. The molecule has 0 aliphatic carbocycles. The molecule has 3 rings (SSSR count). The number of nitrogens with one attached hydrogen (secondary N) is 1. The third kappa shape index (κ3) is 2.09. The van der Waals surface area contributed by atoms with Crippen LogP contribution in [-0.4, -0.2) is 10.9 Å². The summed E-state index contributed by atoms with van der Waals surface area (Å²) in [6, 6.07) is 8.88. The smallest absolute Gasteiger partial charge is 0.345 e. The summed E-state index contributed by atoms with van der Waals surface area (Å²) in [7, 11) is 0. The summed E-state index contributed by atoms with van der Waals surface area (Å²) in [5.74, 6) is 4.55. The number of amides is 1. The molecule has 20 heavy (non-hydrogen) atoms. The Morgan fingerprint density at radius 2 is 2.15 bits per heavy atom. The van der Waals surface area contributed by atoms with E-state index in [0.717, 1.165) is 16.7 Å². The number of hydrogen-bond acceptors (Lipinski definition) is 6. The Bertz CT molecular complexity index is 853. The molecule has 0 bridgehead atoms. The maximum Gasteiger partial charge on any atom is 0.345 e. The lowest BCUT2D eigenvalue weighted by atomic mass is 10.1. The van der Waals surface area contributed by atoms with E-state index in [1.54, 1.807) is 23.6 Å². The highest BCUT2D eigenvalue weighted by Crippen LogP contribution is 2.22. The minimum Gasteiger partial charge on any atom is -0.422 e. The molecule has 0 unspecified atom stereocenters. The molecule has 0 aliphatic rings. The van der Waals surface area contributed by atoms with Crippen LogP contribution in [0.2, 0.25) is 0 Å². The molecule has 3 N–H and O–H groups in total. The van der Waals surface area contributed by atoms with Gasteiger partial charge in [-0.2, -0.15) is 0 Å². The number of nitrogens with zero attached hydrogens (tertiary/aromatic N) is 1. The van der Waals surface area contributed by atoms with Gasteiger partial charge in [-0.3, -0.25) is 10.2 Å². The van der Waals surface area contributed by atoms with E-state index in [-0.39, 0.29) is 5.01 Å². The van der Waals surface area contributed by atoms with Gasteiger partial charge in [-0.1, -0.05) is 18.2 Å². The first kappa shape index (κ1) is 12.5. The average molecular weight is 287 g/mol. The van der Waals surface area contributed by atoms with E-state index in [2.05, 4.69) is 4.98 Å². The molecule has 0 saturated heterocycles. The van der Waals surface area contributed by atoms with Gasteiger partial charge in [0.25, 0.3) is 5.91 Å². The van der Waals surface area contributed by atoms with E-state index < -0.39 is 11.5 Å². The van der Waals surface area contributed by atoms with Crippen molar-refractivity contribution in [1.82, 2.24) is 10.4 Å². The van der Waals surface area contributed by atoms with Crippen LogP contribution >= 0.6 is 11.3 Å². The van der Waals surface area contributed by atoms with E-state index >= 15 is 0 Å². The number of nitrogens with two attached hydrogens (primary N) is 1. The van der Waals surface area contributed by atoms with Crippen LogP contribution in [0.3, 0.4) is 0 Å². The zero-order valence-electron chi connectivity index (χ0n) is 10.1. The fourth-order valence-corrected chi connectivity index (χ4v) is 2.52. The van der Waals surface area contributed by atoms with Gasteiger partial charge < -0.3 is 4.42 Å². The number of carbonyl (C=O) groups excluding carboxylic acids is 1. The minimum absolute atomic E-state index is 0.190. The Morgan fingerprint density at radius 3 is 2.95 bits per heavy atom. The quantitative estimate of drug-likeness (QED) is 0.322. The Hall–Kier alpha value is -2.51. The molecule has 6 nitrogen and oxygen atoms in total. The van der Waals surface area contributed by atoms with Crippen molar-refractivity contribution >= 4 is 28.2 Å².